The number of ether oxygens (including phenoxy) is 2. The van der Waals surface area contributed by atoms with E-state index in [-0.39, 0.29) is 6.42 Å². The quantitative estimate of drug-likeness (QED) is 0.462. The van der Waals surface area contributed by atoms with E-state index in [0.717, 1.165) is 7.11 Å². The summed E-state index contributed by atoms with van der Waals surface area (Å²) in [5.41, 5.74) is -0.715. The minimum absolute atomic E-state index is 0.124. The smallest absolute Gasteiger partial charge is 0.408 e. The molecule has 0 aromatic heterocycles. The summed E-state index contributed by atoms with van der Waals surface area (Å²) < 4.78 is 9.60. The summed E-state index contributed by atoms with van der Waals surface area (Å²) in [7, 11) is 1.14. The zero-order valence-corrected chi connectivity index (χ0v) is 14.2. The highest BCUT2D eigenvalue weighted by molar-refractivity contribution is 5.90. The van der Waals surface area contributed by atoms with E-state index in [1.54, 1.807) is 20.8 Å². The van der Waals surface area contributed by atoms with Gasteiger partial charge in [0, 0.05) is 0 Å². The Balaban J connectivity index is 4.94. The Morgan fingerprint density at radius 2 is 1.83 bits per heavy atom. The molecule has 1 unspecified atom stereocenters. The van der Waals surface area contributed by atoms with E-state index < -0.39 is 41.8 Å². The zero-order valence-electron chi connectivity index (χ0n) is 14.2. The second-order valence-corrected chi connectivity index (χ2v) is 5.97. The van der Waals surface area contributed by atoms with Crippen LogP contribution in [0.2, 0.25) is 0 Å². The summed E-state index contributed by atoms with van der Waals surface area (Å²) in [6, 6.07) is -2.23. The van der Waals surface area contributed by atoms with Crippen LogP contribution in [0.5, 0.6) is 0 Å². The van der Waals surface area contributed by atoms with E-state index in [2.05, 4.69) is 21.9 Å². The van der Waals surface area contributed by atoms with Crippen LogP contribution in [0, 0.1) is 0 Å². The molecule has 8 nitrogen and oxygen atoms in total. The van der Waals surface area contributed by atoms with Crippen LogP contribution >= 0.6 is 0 Å². The lowest BCUT2D eigenvalue weighted by atomic mass is 10.1. The number of rotatable bonds is 7. The van der Waals surface area contributed by atoms with Crippen LogP contribution in [0.25, 0.3) is 0 Å². The van der Waals surface area contributed by atoms with Crippen LogP contribution in [-0.2, 0) is 19.1 Å². The summed E-state index contributed by atoms with van der Waals surface area (Å²) in [6.45, 7) is 9.93. The van der Waals surface area contributed by atoms with Crippen molar-refractivity contribution in [3.8, 4) is 0 Å². The van der Waals surface area contributed by atoms with Crippen LogP contribution in [0.4, 0.5) is 4.79 Å². The number of carbonyl (C=O) groups is 3. The summed E-state index contributed by atoms with van der Waals surface area (Å²) >= 11 is 0. The zero-order chi connectivity index (χ0) is 18.2. The Morgan fingerprint density at radius 3 is 2.22 bits per heavy atom. The summed E-state index contributed by atoms with van der Waals surface area (Å²) in [5, 5.41) is 14.3. The number of hydrogen-bond acceptors (Lipinski definition) is 6. The van der Waals surface area contributed by atoms with Crippen molar-refractivity contribution in [3.05, 3.63) is 12.7 Å². The molecule has 8 heteroatoms. The highest BCUT2D eigenvalue weighted by Gasteiger charge is 2.30. The molecule has 23 heavy (non-hydrogen) atoms. The third kappa shape index (κ3) is 8.20. The van der Waals surface area contributed by atoms with Gasteiger partial charge in [0.25, 0.3) is 0 Å². The van der Waals surface area contributed by atoms with Gasteiger partial charge in [-0.1, -0.05) is 6.08 Å². The van der Waals surface area contributed by atoms with Gasteiger partial charge < -0.3 is 25.2 Å². The predicted molar refractivity (Wildman–Crippen MR) is 83.6 cm³/mol. The van der Waals surface area contributed by atoms with Crippen LogP contribution in [0.3, 0.4) is 0 Å². The molecule has 3 atom stereocenters. The molecule has 0 radical (unpaired) electrons. The molecule has 2 amide bonds. The van der Waals surface area contributed by atoms with Gasteiger partial charge in [0.15, 0.2) is 6.04 Å². The van der Waals surface area contributed by atoms with Crippen molar-refractivity contribution in [2.75, 3.05) is 7.11 Å². The number of amides is 2. The van der Waals surface area contributed by atoms with E-state index in [4.69, 9.17) is 4.74 Å². The maximum Gasteiger partial charge on any atom is 0.408 e. The van der Waals surface area contributed by atoms with Gasteiger partial charge in [0.2, 0.25) is 5.91 Å². The number of aliphatic hydroxyl groups is 1. The predicted octanol–water partition coefficient (Wildman–Crippen LogP) is 0.494. The molecule has 0 saturated heterocycles. The maximum atomic E-state index is 12.2. The number of carbonyl (C=O) groups excluding carboxylic acids is 3. The number of aliphatic hydroxyl groups excluding tert-OH is 1. The number of alkyl carbamates (subject to hydrolysis) is 1. The van der Waals surface area contributed by atoms with Crippen molar-refractivity contribution in [2.45, 2.75) is 57.9 Å². The number of nitrogens with one attached hydrogen (secondary N) is 2. The molecule has 0 saturated carbocycles. The van der Waals surface area contributed by atoms with E-state index in [9.17, 15) is 19.5 Å². The van der Waals surface area contributed by atoms with Crippen LogP contribution < -0.4 is 10.6 Å². The van der Waals surface area contributed by atoms with Crippen LogP contribution in [-0.4, -0.2) is 54.0 Å². The molecular formula is C15H26N2O6. The lowest BCUT2D eigenvalue weighted by molar-refractivity contribution is -0.148. The van der Waals surface area contributed by atoms with Crippen molar-refractivity contribution in [2.24, 2.45) is 0 Å². The van der Waals surface area contributed by atoms with Gasteiger partial charge in [-0.05, 0) is 34.1 Å². The molecule has 0 aliphatic heterocycles. The Labute approximate surface area is 136 Å². The largest absolute Gasteiger partial charge is 0.467 e. The second kappa shape index (κ2) is 9.14. The first-order valence-corrected chi connectivity index (χ1v) is 7.18. The standard InChI is InChI=1S/C15H26N2O6/c1-7-8-10(16-14(21)23-15(3,4)5)12(19)17-11(9(2)18)13(20)22-6/h7,9-11,18H,1,8H2,2-6H3,(H,16,21)(H,17,19)/t9-,10?,11+/m1/s1. The SMILES string of the molecule is C=CCC(NC(=O)OC(C)(C)C)C(=O)N[C@H](C(=O)OC)[C@@H](C)O. The molecule has 0 heterocycles. The molecule has 0 aliphatic carbocycles. The normalized spacial score (nSPS) is 14.9. The Kier molecular flexibility index (Phi) is 8.31. The van der Waals surface area contributed by atoms with E-state index >= 15 is 0 Å². The van der Waals surface area contributed by atoms with Gasteiger partial charge >= 0.3 is 12.1 Å². The van der Waals surface area contributed by atoms with Gasteiger partial charge in [0.1, 0.15) is 11.6 Å². The second-order valence-electron chi connectivity index (χ2n) is 5.97. The number of methoxy groups -OCH3 is 1. The van der Waals surface area contributed by atoms with Crippen molar-refractivity contribution in [1.82, 2.24) is 10.6 Å². The molecule has 0 rings (SSSR count). The fraction of sp³-hybridized carbons (Fsp3) is 0.667. The van der Waals surface area contributed by atoms with E-state index in [0.29, 0.717) is 0 Å². The topological polar surface area (TPSA) is 114 Å². The van der Waals surface area contributed by atoms with Gasteiger partial charge in [-0.25, -0.2) is 9.59 Å². The first-order chi connectivity index (χ1) is 10.5. The van der Waals surface area contributed by atoms with Crippen LogP contribution in [0.15, 0.2) is 12.7 Å². The first-order valence-electron chi connectivity index (χ1n) is 7.18. The van der Waals surface area contributed by atoms with Crippen LogP contribution in [0.1, 0.15) is 34.1 Å². The summed E-state index contributed by atoms with van der Waals surface area (Å²) in [6.07, 6.45) is -0.362. The molecule has 0 spiro atoms. The molecule has 132 valence electrons. The highest BCUT2D eigenvalue weighted by Crippen LogP contribution is 2.07. The average molecular weight is 330 g/mol. The van der Waals surface area contributed by atoms with Crippen molar-refractivity contribution >= 4 is 18.0 Å². The van der Waals surface area contributed by atoms with E-state index in [1.165, 1.54) is 13.0 Å². The third-order valence-corrected chi connectivity index (χ3v) is 2.65. The minimum Gasteiger partial charge on any atom is -0.467 e. The fourth-order valence-corrected chi connectivity index (χ4v) is 1.61. The monoisotopic (exact) mass is 330 g/mol. The molecule has 0 fully saturated rings. The fourth-order valence-electron chi connectivity index (χ4n) is 1.61. The number of esters is 1. The third-order valence-electron chi connectivity index (χ3n) is 2.65. The van der Waals surface area contributed by atoms with Crippen molar-refractivity contribution in [3.63, 3.8) is 0 Å². The number of hydrogen-bond donors (Lipinski definition) is 3. The van der Waals surface area contributed by atoms with Gasteiger partial charge in [-0.15, -0.1) is 6.58 Å². The Morgan fingerprint density at radius 1 is 1.26 bits per heavy atom. The van der Waals surface area contributed by atoms with Gasteiger partial charge in [-0.2, -0.15) is 0 Å². The highest BCUT2D eigenvalue weighted by atomic mass is 16.6. The molecular weight excluding hydrogens is 304 g/mol. The minimum atomic E-state index is -1.24. The van der Waals surface area contributed by atoms with Gasteiger partial charge in [0.05, 0.1) is 13.2 Å². The lowest BCUT2D eigenvalue weighted by Crippen LogP contribution is -2.55. The summed E-state index contributed by atoms with van der Waals surface area (Å²) in [4.78, 5) is 35.5. The molecule has 3 N–H and O–H groups in total. The molecule has 0 aromatic carbocycles. The molecule has 0 bridgehead atoms. The maximum absolute atomic E-state index is 12.2. The van der Waals surface area contributed by atoms with Crippen molar-refractivity contribution in [1.29, 1.82) is 0 Å². The van der Waals surface area contributed by atoms with Gasteiger partial charge in [-0.3, -0.25) is 4.79 Å². The Bertz CT molecular complexity index is 442. The molecule has 0 aliphatic rings. The average Bonchev–Trinajstić information content (AvgIpc) is 2.40. The van der Waals surface area contributed by atoms with E-state index in [1.807, 2.05) is 0 Å². The van der Waals surface area contributed by atoms with Crippen molar-refractivity contribution < 1.29 is 29.0 Å². The first kappa shape index (κ1) is 20.9. The molecule has 0 aromatic rings. The summed E-state index contributed by atoms with van der Waals surface area (Å²) in [5.74, 6) is -1.45. The lowest BCUT2D eigenvalue weighted by Gasteiger charge is -2.25. The Hall–Kier alpha value is -2.09.